The molecular formula is C28H55N5O2S. The van der Waals surface area contributed by atoms with Gasteiger partial charge in [-0.15, -0.1) is 0 Å². The van der Waals surface area contributed by atoms with Crippen molar-refractivity contribution in [3.05, 3.63) is 0 Å². The molecule has 0 aromatic heterocycles. The van der Waals surface area contributed by atoms with E-state index in [0.717, 1.165) is 25.7 Å². The highest BCUT2D eigenvalue weighted by Gasteiger charge is 2.62. The molecule has 8 heteroatoms. The number of carbonyl (C=O) groups excluding carboxylic acids is 2. The molecule has 0 bridgehead atoms. The summed E-state index contributed by atoms with van der Waals surface area (Å²) < 4.78 is 0. The Kier molecular flexibility index (Phi) is 14.5. The predicted molar refractivity (Wildman–Crippen MR) is 153 cm³/mol. The molecule has 0 aliphatic carbocycles. The minimum Gasteiger partial charge on any atom is -0.354 e. The van der Waals surface area contributed by atoms with E-state index in [1.165, 1.54) is 89.9 Å². The molecule has 2 saturated heterocycles. The first-order valence-corrected chi connectivity index (χ1v) is 15.9. The SMILES string of the molecule is CCCCCCCCCCCCCCCCC(C)NC(=O)CCCCC1SC[C@]2(N)NC(=O)N[C@]12N. The fraction of sp³-hybridized carbons (Fsp3) is 0.929. The average molecular weight is 526 g/mol. The third-order valence-electron chi connectivity index (χ3n) is 7.93. The number of urea groups is 1. The summed E-state index contributed by atoms with van der Waals surface area (Å²) in [5.41, 5.74) is 10.9. The largest absolute Gasteiger partial charge is 0.354 e. The Bertz CT molecular complexity index is 651. The van der Waals surface area contributed by atoms with Crippen LogP contribution in [0.25, 0.3) is 0 Å². The lowest BCUT2D eigenvalue weighted by atomic mass is 9.91. The van der Waals surface area contributed by atoms with Gasteiger partial charge in [0.2, 0.25) is 5.91 Å². The lowest BCUT2D eigenvalue weighted by Gasteiger charge is -2.35. The third kappa shape index (κ3) is 10.4. The molecule has 2 aliphatic rings. The van der Waals surface area contributed by atoms with Gasteiger partial charge >= 0.3 is 6.03 Å². The maximum absolute atomic E-state index is 12.3. The number of hydrogen-bond acceptors (Lipinski definition) is 5. The number of fused-ring (bicyclic) bond motifs is 1. The number of hydrogen-bond donors (Lipinski definition) is 5. The van der Waals surface area contributed by atoms with E-state index >= 15 is 0 Å². The van der Waals surface area contributed by atoms with E-state index in [0.29, 0.717) is 12.2 Å². The average Bonchev–Trinajstić information content (AvgIpc) is 3.20. The summed E-state index contributed by atoms with van der Waals surface area (Å²) in [6.45, 7) is 4.39. The van der Waals surface area contributed by atoms with Crippen LogP contribution in [0.4, 0.5) is 4.79 Å². The summed E-state index contributed by atoms with van der Waals surface area (Å²) in [5, 5.41) is 8.79. The van der Waals surface area contributed by atoms with Crippen molar-refractivity contribution in [2.75, 3.05) is 5.75 Å². The summed E-state index contributed by atoms with van der Waals surface area (Å²) in [5.74, 6) is 0.739. The standard InChI is InChI=1S/C28H55N5O2S/c1-3-4-5-6-7-8-9-10-11-12-13-14-15-16-19-23(2)31-25(34)21-18-17-20-24-28(30)27(29,22-36-24)32-26(35)33-28/h23-24H,3-22,29-30H2,1-2H3,(H,31,34)(H2,32,33,35)/t23?,24?,27-,28+/m0/s1. The summed E-state index contributed by atoms with van der Waals surface area (Å²) in [6.07, 6.45) is 23.3. The Morgan fingerprint density at radius 2 is 1.47 bits per heavy atom. The van der Waals surface area contributed by atoms with Crippen LogP contribution in [0.5, 0.6) is 0 Å². The van der Waals surface area contributed by atoms with Gasteiger partial charge in [0.1, 0.15) is 11.3 Å². The van der Waals surface area contributed by atoms with Crippen molar-refractivity contribution < 1.29 is 9.59 Å². The molecule has 2 fully saturated rings. The number of rotatable bonds is 21. The van der Waals surface area contributed by atoms with Gasteiger partial charge in [-0.1, -0.05) is 103 Å². The molecule has 7 N–H and O–H groups in total. The number of amides is 3. The van der Waals surface area contributed by atoms with E-state index < -0.39 is 11.3 Å². The van der Waals surface area contributed by atoms with E-state index in [4.69, 9.17) is 11.5 Å². The Morgan fingerprint density at radius 1 is 0.917 bits per heavy atom. The highest BCUT2D eigenvalue weighted by molar-refractivity contribution is 8.00. The Labute approximate surface area is 224 Å². The molecule has 7 nitrogen and oxygen atoms in total. The predicted octanol–water partition coefficient (Wildman–Crippen LogP) is 5.66. The molecule has 3 amide bonds. The van der Waals surface area contributed by atoms with Gasteiger partial charge in [-0.3, -0.25) is 4.79 Å². The normalized spacial score (nSPS) is 25.9. The fourth-order valence-corrected chi connectivity index (χ4v) is 7.15. The van der Waals surface area contributed by atoms with Crippen LogP contribution in [0.15, 0.2) is 0 Å². The maximum Gasteiger partial charge on any atom is 0.317 e. The highest BCUT2D eigenvalue weighted by atomic mass is 32.2. The van der Waals surface area contributed by atoms with Crippen molar-refractivity contribution in [1.82, 2.24) is 16.0 Å². The first kappa shape index (κ1) is 31.2. The van der Waals surface area contributed by atoms with Crippen LogP contribution in [-0.4, -0.2) is 40.3 Å². The molecule has 36 heavy (non-hydrogen) atoms. The molecule has 2 aliphatic heterocycles. The van der Waals surface area contributed by atoms with E-state index in [-0.39, 0.29) is 23.2 Å². The first-order valence-electron chi connectivity index (χ1n) is 14.9. The number of carbonyl (C=O) groups is 2. The first-order chi connectivity index (χ1) is 17.3. The fourth-order valence-electron chi connectivity index (χ4n) is 5.51. The Hall–Kier alpha value is -0.990. The van der Waals surface area contributed by atoms with Crippen LogP contribution in [0.1, 0.15) is 136 Å². The third-order valence-corrected chi connectivity index (χ3v) is 9.57. The van der Waals surface area contributed by atoms with Crippen LogP contribution >= 0.6 is 11.8 Å². The van der Waals surface area contributed by atoms with Crippen molar-refractivity contribution in [3.8, 4) is 0 Å². The molecule has 0 aromatic rings. The van der Waals surface area contributed by atoms with E-state index in [2.05, 4.69) is 29.8 Å². The van der Waals surface area contributed by atoms with Crippen molar-refractivity contribution in [2.24, 2.45) is 11.5 Å². The van der Waals surface area contributed by atoms with Crippen LogP contribution in [0.3, 0.4) is 0 Å². The van der Waals surface area contributed by atoms with Crippen LogP contribution in [-0.2, 0) is 4.79 Å². The second-order valence-electron chi connectivity index (χ2n) is 11.3. The summed E-state index contributed by atoms with van der Waals surface area (Å²) in [7, 11) is 0. The van der Waals surface area contributed by atoms with Crippen LogP contribution < -0.4 is 27.4 Å². The molecule has 210 valence electrons. The van der Waals surface area contributed by atoms with Gasteiger partial charge in [0.25, 0.3) is 0 Å². The zero-order valence-electron chi connectivity index (χ0n) is 23.2. The number of thioether (sulfide) groups is 1. The Balaban J connectivity index is 1.38. The summed E-state index contributed by atoms with van der Waals surface area (Å²) >= 11 is 1.70. The topological polar surface area (TPSA) is 122 Å². The number of nitrogens with two attached hydrogens (primary N) is 2. The number of unbranched alkanes of at least 4 members (excludes halogenated alkanes) is 14. The lowest BCUT2D eigenvalue weighted by molar-refractivity contribution is -0.121. The smallest absolute Gasteiger partial charge is 0.317 e. The van der Waals surface area contributed by atoms with E-state index in [1.54, 1.807) is 11.8 Å². The molecule has 0 aromatic carbocycles. The van der Waals surface area contributed by atoms with Crippen molar-refractivity contribution >= 4 is 23.7 Å². The van der Waals surface area contributed by atoms with E-state index in [9.17, 15) is 9.59 Å². The van der Waals surface area contributed by atoms with Gasteiger partial charge in [0, 0.05) is 23.5 Å². The van der Waals surface area contributed by atoms with Crippen molar-refractivity contribution in [2.45, 2.75) is 158 Å². The second kappa shape index (κ2) is 16.8. The molecule has 4 atom stereocenters. The molecule has 0 radical (unpaired) electrons. The summed E-state index contributed by atoms with van der Waals surface area (Å²) in [4.78, 5) is 24.0. The van der Waals surface area contributed by atoms with Crippen LogP contribution in [0, 0.1) is 0 Å². The molecule has 2 heterocycles. The lowest BCUT2D eigenvalue weighted by Crippen LogP contribution is -2.72. The quantitative estimate of drug-likeness (QED) is 0.0977. The van der Waals surface area contributed by atoms with Gasteiger partial charge in [0.15, 0.2) is 0 Å². The molecular weight excluding hydrogens is 470 g/mol. The highest BCUT2D eigenvalue weighted by Crippen LogP contribution is 2.42. The number of nitrogens with one attached hydrogen (secondary N) is 3. The maximum atomic E-state index is 12.3. The van der Waals surface area contributed by atoms with Gasteiger partial charge in [-0.2, -0.15) is 11.8 Å². The molecule has 0 saturated carbocycles. The Morgan fingerprint density at radius 3 is 2.06 bits per heavy atom. The van der Waals surface area contributed by atoms with Gasteiger partial charge in [0.05, 0.1) is 0 Å². The monoisotopic (exact) mass is 525 g/mol. The van der Waals surface area contributed by atoms with Gasteiger partial charge in [-0.25, -0.2) is 4.79 Å². The van der Waals surface area contributed by atoms with Gasteiger partial charge < -0.3 is 27.4 Å². The van der Waals surface area contributed by atoms with Gasteiger partial charge in [-0.05, 0) is 26.2 Å². The molecule has 0 spiro atoms. The van der Waals surface area contributed by atoms with Crippen LogP contribution in [0.2, 0.25) is 0 Å². The zero-order chi connectivity index (χ0) is 26.3. The second-order valence-corrected chi connectivity index (χ2v) is 12.5. The summed E-state index contributed by atoms with van der Waals surface area (Å²) in [6, 6.07) is -0.0531. The molecule has 2 rings (SSSR count). The minimum atomic E-state index is -0.918. The van der Waals surface area contributed by atoms with E-state index in [1.807, 2.05) is 0 Å². The zero-order valence-corrected chi connectivity index (χ0v) is 24.0. The molecule has 2 unspecified atom stereocenters. The van der Waals surface area contributed by atoms with Crippen molar-refractivity contribution in [1.29, 1.82) is 0 Å². The minimum absolute atomic E-state index is 0.0590. The van der Waals surface area contributed by atoms with Crippen molar-refractivity contribution in [3.63, 3.8) is 0 Å².